The molecule has 0 saturated carbocycles. The van der Waals surface area contributed by atoms with Gasteiger partial charge in [0.1, 0.15) is 10.1 Å². The van der Waals surface area contributed by atoms with Gasteiger partial charge in [-0.25, -0.2) is 0 Å². The molecule has 1 aliphatic rings. The van der Waals surface area contributed by atoms with Crippen molar-refractivity contribution in [3.8, 4) is 0 Å². The number of hydrogen-bond acceptors (Lipinski definition) is 5. The summed E-state index contributed by atoms with van der Waals surface area (Å²) in [6.07, 6.45) is 3.52. The minimum atomic E-state index is -0.0758. The molecule has 0 spiro atoms. The highest BCUT2D eigenvalue weighted by Crippen LogP contribution is 2.34. The van der Waals surface area contributed by atoms with E-state index in [1.165, 1.54) is 11.8 Å². The lowest BCUT2D eigenvalue weighted by Crippen LogP contribution is -2.27. The van der Waals surface area contributed by atoms with Crippen LogP contribution in [0, 0.1) is 13.8 Å². The zero-order valence-electron chi connectivity index (χ0n) is 14.4. The van der Waals surface area contributed by atoms with E-state index in [1.54, 1.807) is 24.3 Å². The molecule has 0 unspecified atom stereocenters. The van der Waals surface area contributed by atoms with Crippen molar-refractivity contribution in [2.24, 2.45) is 0 Å². The molecule has 2 aromatic heterocycles. The third-order valence-corrected chi connectivity index (χ3v) is 5.56. The Bertz CT molecular complexity index is 822. The number of thiocarbonyl (C=S) groups is 1. The molecule has 0 radical (unpaired) electrons. The number of nitrogens with zero attached hydrogens (tertiary/aromatic N) is 2. The lowest BCUT2D eigenvalue weighted by Gasteiger charge is -2.12. The number of carbonyl (C=O) groups is 1. The van der Waals surface area contributed by atoms with Crippen molar-refractivity contribution in [3.05, 3.63) is 52.1 Å². The number of aryl methyl sites for hydroxylation is 1. The van der Waals surface area contributed by atoms with E-state index in [2.05, 4.69) is 24.5 Å². The number of furan rings is 1. The highest BCUT2D eigenvalue weighted by molar-refractivity contribution is 8.26. The first-order valence-electron chi connectivity index (χ1n) is 7.94. The van der Waals surface area contributed by atoms with Gasteiger partial charge in [-0.05, 0) is 43.7 Å². The van der Waals surface area contributed by atoms with Crippen molar-refractivity contribution >= 4 is 40.3 Å². The third-order valence-electron chi connectivity index (χ3n) is 4.19. The van der Waals surface area contributed by atoms with Crippen molar-refractivity contribution in [3.63, 3.8) is 0 Å². The molecule has 25 heavy (non-hydrogen) atoms. The summed E-state index contributed by atoms with van der Waals surface area (Å²) in [7, 11) is 1.69. The van der Waals surface area contributed by atoms with Crippen molar-refractivity contribution in [2.45, 2.75) is 26.9 Å². The van der Waals surface area contributed by atoms with Crippen LogP contribution in [0.25, 0.3) is 6.08 Å². The fourth-order valence-electron chi connectivity index (χ4n) is 2.84. The molecule has 0 aromatic carbocycles. The lowest BCUT2D eigenvalue weighted by molar-refractivity contribution is -0.122. The van der Waals surface area contributed by atoms with Crippen molar-refractivity contribution in [1.82, 2.24) is 9.47 Å². The Morgan fingerprint density at radius 1 is 1.40 bits per heavy atom. The van der Waals surface area contributed by atoms with Crippen LogP contribution in [0.15, 0.2) is 33.8 Å². The zero-order chi connectivity index (χ0) is 18.0. The van der Waals surface area contributed by atoms with E-state index in [4.69, 9.17) is 21.4 Å². The second-order valence-electron chi connectivity index (χ2n) is 5.82. The van der Waals surface area contributed by atoms with Crippen LogP contribution >= 0.6 is 24.0 Å². The fraction of sp³-hybridized carbons (Fsp3) is 0.333. The molecule has 0 bridgehead atoms. The average Bonchev–Trinajstić information content (AvgIpc) is 3.25. The van der Waals surface area contributed by atoms with Crippen LogP contribution in [0.1, 0.15) is 22.7 Å². The SMILES string of the molecule is COCCn1c(C)cc(/C=C2/SC(=S)N(Cc3ccco3)C2=O)c1C. The van der Waals surface area contributed by atoms with Gasteiger partial charge in [0.05, 0.1) is 24.3 Å². The van der Waals surface area contributed by atoms with E-state index >= 15 is 0 Å². The van der Waals surface area contributed by atoms with Crippen LogP contribution in [0.2, 0.25) is 0 Å². The number of carbonyl (C=O) groups excluding carboxylic acids is 1. The maximum Gasteiger partial charge on any atom is 0.266 e. The molecular formula is C18H20N2O3S2. The van der Waals surface area contributed by atoms with E-state index in [1.807, 2.05) is 12.1 Å². The van der Waals surface area contributed by atoms with Crippen LogP contribution < -0.4 is 0 Å². The smallest absolute Gasteiger partial charge is 0.266 e. The fourth-order valence-corrected chi connectivity index (χ4v) is 4.08. The van der Waals surface area contributed by atoms with Crippen LogP contribution in [-0.4, -0.2) is 33.4 Å². The molecule has 132 valence electrons. The number of ether oxygens (including phenoxy) is 1. The maximum atomic E-state index is 12.7. The third kappa shape index (κ3) is 3.73. The molecule has 3 heterocycles. The Balaban J connectivity index is 1.82. The van der Waals surface area contributed by atoms with Gasteiger partial charge in [-0.3, -0.25) is 9.69 Å². The lowest BCUT2D eigenvalue weighted by atomic mass is 10.2. The maximum absolute atomic E-state index is 12.7. The molecule has 3 rings (SSSR count). The molecule has 1 aliphatic heterocycles. The molecule has 1 fully saturated rings. The number of rotatable bonds is 6. The summed E-state index contributed by atoms with van der Waals surface area (Å²) < 4.78 is 13.2. The van der Waals surface area contributed by atoms with Crippen LogP contribution in [-0.2, 0) is 22.6 Å². The van der Waals surface area contributed by atoms with Gasteiger partial charge in [0.15, 0.2) is 0 Å². The second kappa shape index (κ2) is 7.59. The predicted molar refractivity (Wildman–Crippen MR) is 103 cm³/mol. The standard InChI is InChI=1S/C18H20N2O3S2/c1-12-9-14(13(2)19(12)6-8-22-3)10-16-17(21)20(18(24)25-16)11-15-5-4-7-23-15/h4-5,7,9-10H,6,8,11H2,1-3H3/b16-10+. The molecule has 7 heteroatoms. The summed E-state index contributed by atoms with van der Waals surface area (Å²) in [6, 6.07) is 5.73. The highest BCUT2D eigenvalue weighted by atomic mass is 32.2. The Labute approximate surface area is 156 Å². The van der Waals surface area contributed by atoms with Crippen molar-refractivity contribution in [2.75, 3.05) is 13.7 Å². The molecule has 1 amide bonds. The number of hydrogen-bond donors (Lipinski definition) is 0. The summed E-state index contributed by atoms with van der Waals surface area (Å²) in [5, 5.41) is 0. The van der Waals surface area contributed by atoms with E-state index < -0.39 is 0 Å². The molecule has 2 aromatic rings. The minimum Gasteiger partial charge on any atom is -0.467 e. The summed E-state index contributed by atoms with van der Waals surface area (Å²) in [6.45, 7) is 5.92. The zero-order valence-corrected chi connectivity index (χ0v) is 16.1. The number of methoxy groups -OCH3 is 1. The molecule has 0 N–H and O–H groups in total. The molecule has 5 nitrogen and oxygen atoms in total. The largest absolute Gasteiger partial charge is 0.467 e. The quantitative estimate of drug-likeness (QED) is 0.568. The molecule has 1 saturated heterocycles. The predicted octanol–water partition coefficient (Wildman–Crippen LogP) is 3.75. The van der Waals surface area contributed by atoms with Gasteiger partial charge in [-0.2, -0.15) is 0 Å². The van der Waals surface area contributed by atoms with Gasteiger partial charge in [0, 0.05) is 25.0 Å². The van der Waals surface area contributed by atoms with E-state index in [-0.39, 0.29) is 5.91 Å². The van der Waals surface area contributed by atoms with E-state index in [9.17, 15) is 4.79 Å². The van der Waals surface area contributed by atoms with E-state index in [0.717, 1.165) is 29.3 Å². The highest BCUT2D eigenvalue weighted by Gasteiger charge is 2.32. The minimum absolute atomic E-state index is 0.0758. The van der Waals surface area contributed by atoms with Gasteiger partial charge in [-0.1, -0.05) is 24.0 Å². The van der Waals surface area contributed by atoms with Crippen LogP contribution in [0.3, 0.4) is 0 Å². The summed E-state index contributed by atoms with van der Waals surface area (Å²) >= 11 is 6.70. The number of thioether (sulfide) groups is 1. The van der Waals surface area contributed by atoms with Gasteiger partial charge in [0.2, 0.25) is 0 Å². The first kappa shape index (κ1) is 18.0. The molecular weight excluding hydrogens is 356 g/mol. The topological polar surface area (TPSA) is 47.6 Å². The summed E-state index contributed by atoms with van der Waals surface area (Å²) in [4.78, 5) is 14.9. The first-order chi connectivity index (χ1) is 12.0. The van der Waals surface area contributed by atoms with E-state index in [0.29, 0.717) is 22.4 Å². The normalized spacial score (nSPS) is 16.4. The molecule has 0 aliphatic carbocycles. The van der Waals surface area contributed by atoms with Crippen molar-refractivity contribution in [1.29, 1.82) is 0 Å². The van der Waals surface area contributed by atoms with Gasteiger partial charge < -0.3 is 13.7 Å². The first-order valence-corrected chi connectivity index (χ1v) is 9.17. The Morgan fingerprint density at radius 3 is 2.88 bits per heavy atom. The van der Waals surface area contributed by atoms with Gasteiger partial charge in [-0.15, -0.1) is 0 Å². The summed E-state index contributed by atoms with van der Waals surface area (Å²) in [5.74, 6) is 0.642. The number of amides is 1. The Morgan fingerprint density at radius 2 is 2.20 bits per heavy atom. The Hall–Kier alpha value is -1.83. The van der Waals surface area contributed by atoms with Gasteiger partial charge >= 0.3 is 0 Å². The monoisotopic (exact) mass is 376 g/mol. The van der Waals surface area contributed by atoms with Crippen molar-refractivity contribution < 1.29 is 13.9 Å². The Kier molecular flexibility index (Phi) is 5.46. The average molecular weight is 377 g/mol. The van der Waals surface area contributed by atoms with Crippen LogP contribution in [0.5, 0.6) is 0 Å². The second-order valence-corrected chi connectivity index (χ2v) is 7.49. The number of aromatic nitrogens is 1. The summed E-state index contributed by atoms with van der Waals surface area (Å²) in [5.41, 5.74) is 3.30. The van der Waals surface area contributed by atoms with Crippen LogP contribution in [0.4, 0.5) is 0 Å². The molecule has 0 atom stereocenters. The van der Waals surface area contributed by atoms with Gasteiger partial charge in [0.25, 0.3) is 5.91 Å².